The summed E-state index contributed by atoms with van der Waals surface area (Å²) < 4.78 is 15.7. The summed E-state index contributed by atoms with van der Waals surface area (Å²) in [5, 5.41) is 24.4. The monoisotopic (exact) mass is 1190 g/mol. The van der Waals surface area contributed by atoms with Gasteiger partial charge in [0.2, 0.25) is 35.4 Å². The molecule has 6 aliphatic rings. The van der Waals surface area contributed by atoms with E-state index in [2.05, 4.69) is 47.9 Å². The van der Waals surface area contributed by atoms with Crippen molar-refractivity contribution in [1.82, 2.24) is 47.9 Å². The second-order valence-electron chi connectivity index (χ2n) is 19.1. The predicted octanol–water partition coefficient (Wildman–Crippen LogP) is 2.24. The molecule has 9 N–H and O–H groups in total. The Bertz CT molecular complexity index is 2360. The van der Waals surface area contributed by atoms with E-state index in [1.807, 2.05) is 91.0 Å². The first-order valence-electron chi connectivity index (χ1n) is 24.6. The summed E-state index contributed by atoms with van der Waals surface area (Å²) in [6, 6.07) is 28.0. The SMILES string of the molecule is CNC(=O)C1(NC(=O)C2(NC(=O)OCc3ccccc3)CSC2)CSC1.CNC(=O)C1(NC(=O)C2(NC(=O)OCc3ccccc3)CSC2)CSC1.CNC(=O)C1(NC(=O)C2(NC(=O)OCc3ccccc3)CSC2)CSC1. The van der Waals surface area contributed by atoms with E-state index in [-0.39, 0.29) is 55.3 Å². The zero-order valence-corrected chi connectivity index (χ0v) is 48.0. The Kier molecular flexibility index (Phi) is 20.8. The lowest BCUT2D eigenvalue weighted by Crippen LogP contribution is -2.74. The molecule has 27 heteroatoms. The molecule has 3 aromatic rings. The smallest absolute Gasteiger partial charge is 0.408 e. The van der Waals surface area contributed by atoms with Crippen molar-refractivity contribution in [2.45, 2.75) is 53.1 Å². The van der Waals surface area contributed by atoms with E-state index in [1.165, 1.54) is 0 Å². The number of carbonyl (C=O) groups excluding carboxylic acids is 9. The lowest BCUT2D eigenvalue weighted by molar-refractivity contribution is -0.134. The van der Waals surface area contributed by atoms with Crippen LogP contribution in [0, 0.1) is 0 Å². The highest BCUT2D eigenvalue weighted by atomic mass is 32.2. The topological polar surface area (TPSA) is 290 Å². The number of benzene rings is 3. The molecule has 0 aromatic heterocycles. The van der Waals surface area contributed by atoms with Crippen molar-refractivity contribution in [3.63, 3.8) is 0 Å². The van der Waals surface area contributed by atoms with Gasteiger partial charge < -0.3 is 62.1 Å². The number of amides is 9. The minimum Gasteiger partial charge on any atom is -0.445 e. The molecule has 21 nitrogen and oxygen atoms in total. The number of nitrogens with one attached hydrogen (secondary N) is 9. The van der Waals surface area contributed by atoms with Crippen molar-refractivity contribution in [1.29, 1.82) is 0 Å². The number of rotatable bonds is 18. The number of ether oxygens (including phenoxy) is 3. The molecule has 6 aliphatic heterocycles. The van der Waals surface area contributed by atoms with Gasteiger partial charge in [0.25, 0.3) is 0 Å². The molecule has 0 aliphatic carbocycles. The average molecular weight is 1190 g/mol. The summed E-state index contributed by atoms with van der Waals surface area (Å²) in [6.07, 6.45) is -1.91. The third kappa shape index (κ3) is 14.4. The summed E-state index contributed by atoms with van der Waals surface area (Å²) >= 11 is 9.45. The molecular formula is C51H63N9O12S6. The van der Waals surface area contributed by atoms with E-state index >= 15 is 0 Å². The van der Waals surface area contributed by atoms with Crippen LogP contribution >= 0.6 is 70.6 Å². The minimum absolute atomic E-state index is 0.135. The zero-order valence-electron chi connectivity index (χ0n) is 43.1. The first-order chi connectivity index (χ1) is 37.5. The normalized spacial score (nSPS) is 19.3. The molecule has 0 spiro atoms. The van der Waals surface area contributed by atoms with Gasteiger partial charge in [-0.05, 0) is 16.7 Å². The second kappa shape index (κ2) is 27.0. The van der Waals surface area contributed by atoms with Crippen LogP contribution in [0.1, 0.15) is 16.7 Å². The van der Waals surface area contributed by atoms with Crippen LogP contribution in [0.25, 0.3) is 0 Å². The maximum Gasteiger partial charge on any atom is 0.408 e. The van der Waals surface area contributed by atoms with Crippen LogP contribution in [0.5, 0.6) is 0 Å². The summed E-state index contributed by atoms with van der Waals surface area (Å²) in [7, 11) is 4.65. The first kappa shape index (κ1) is 60.0. The van der Waals surface area contributed by atoms with Gasteiger partial charge in [-0.2, -0.15) is 70.6 Å². The number of hydrogen-bond acceptors (Lipinski definition) is 18. The summed E-state index contributed by atoms with van der Waals surface area (Å²) in [4.78, 5) is 111. The minimum atomic E-state index is -1.03. The molecule has 3 aromatic carbocycles. The third-order valence-electron chi connectivity index (χ3n) is 13.2. The fraction of sp³-hybridized carbons (Fsp3) is 0.471. The first-order valence-corrected chi connectivity index (χ1v) is 31.5. The molecule has 0 saturated carbocycles. The third-order valence-corrected chi connectivity index (χ3v) is 21.6. The van der Waals surface area contributed by atoms with Crippen molar-refractivity contribution in [3.05, 3.63) is 108 Å². The van der Waals surface area contributed by atoms with Crippen LogP contribution in [0.3, 0.4) is 0 Å². The van der Waals surface area contributed by atoms with Crippen LogP contribution in [0.15, 0.2) is 91.0 Å². The molecule has 0 unspecified atom stereocenters. The van der Waals surface area contributed by atoms with Gasteiger partial charge in [0.05, 0.1) is 0 Å². The molecule has 6 heterocycles. The van der Waals surface area contributed by atoms with Gasteiger partial charge in [0.1, 0.15) is 53.1 Å². The van der Waals surface area contributed by atoms with Crippen LogP contribution in [0.2, 0.25) is 0 Å². The quantitative estimate of drug-likeness (QED) is 0.0826. The Labute approximate surface area is 477 Å². The molecular weight excluding hydrogens is 1120 g/mol. The highest BCUT2D eigenvalue weighted by molar-refractivity contribution is 8.02. The van der Waals surface area contributed by atoms with Crippen LogP contribution in [-0.2, 0) is 62.8 Å². The van der Waals surface area contributed by atoms with E-state index in [1.54, 1.807) is 91.7 Å². The lowest BCUT2D eigenvalue weighted by Gasteiger charge is -2.45. The van der Waals surface area contributed by atoms with Crippen LogP contribution in [-0.4, -0.2) is 177 Å². The highest BCUT2D eigenvalue weighted by Crippen LogP contribution is 2.37. The Morgan fingerprint density at radius 3 is 0.679 bits per heavy atom. The van der Waals surface area contributed by atoms with Gasteiger partial charge >= 0.3 is 18.3 Å². The van der Waals surface area contributed by atoms with E-state index in [0.717, 1.165) is 16.7 Å². The Morgan fingerprint density at radius 1 is 0.321 bits per heavy atom. The molecule has 0 radical (unpaired) electrons. The van der Waals surface area contributed by atoms with Gasteiger partial charge in [-0.25, -0.2) is 14.4 Å². The molecule has 9 rings (SSSR count). The van der Waals surface area contributed by atoms with Gasteiger partial charge in [-0.15, -0.1) is 0 Å². The largest absolute Gasteiger partial charge is 0.445 e. The average Bonchev–Trinajstić information content (AvgIpc) is 3.43. The van der Waals surface area contributed by atoms with E-state index in [0.29, 0.717) is 69.0 Å². The van der Waals surface area contributed by atoms with E-state index in [9.17, 15) is 43.2 Å². The number of alkyl carbamates (subject to hydrolysis) is 3. The van der Waals surface area contributed by atoms with Crippen molar-refractivity contribution in [2.24, 2.45) is 0 Å². The number of carbonyl (C=O) groups is 9. The zero-order chi connectivity index (χ0) is 55.9. The van der Waals surface area contributed by atoms with Gasteiger partial charge in [-0.3, -0.25) is 28.8 Å². The Morgan fingerprint density at radius 2 is 0.513 bits per heavy atom. The van der Waals surface area contributed by atoms with E-state index < -0.39 is 51.5 Å². The van der Waals surface area contributed by atoms with Crippen LogP contribution in [0.4, 0.5) is 14.4 Å². The fourth-order valence-corrected chi connectivity index (χ4v) is 14.1. The molecule has 78 heavy (non-hydrogen) atoms. The van der Waals surface area contributed by atoms with Gasteiger partial charge in [0, 0.05) is 90.2 Å². The van der Waals surface area contributed by atoms with Crippen LogP contribution < -0.4 is 47.9 Å². The molecule has 0 atom stereocenters. The standard InChI is InChI=1S/3C17H21N3O4S2/c3*1-18-13(21)16(8-25-9-16)19-14(22)17(10-26-11-17)20-15(23)24-7-12-5-3-2-4-6-12/h3*2-6H,7-11H2,1H3,(H,18,21)(H,19,22)(H,20,23). The molecule has 6 saturated heterocycles. The number of thioether (sulfide) groups is 6. The van der Waals surface area contributed by atoms with Gasteiger partial charge in [-0.1, -0.05) is 91.0 Å². The van der Waals surface area contributed by atoms with E-state index in [4.69, 9.17) is 14.2 Å². The van der Waals surface area contributed by atoms with Crippen molar-refractivity contribution < 1.29 is 57.4 Å². The van der Waals surface area contributed by atoms with Gasteiger partial charge in [0.15, 0.2) is 0 Å². The number of likely N-dealkylation sites (N-methyl/N-ethyl adjacent to an activating group) is 3. The fourth-order valence-electron chi connectivity index (χ4n) is 7.99. The highest BCUT2D eigenvalue weighted by Gasteiger charge is 2.56. The molecule has 420 valence electrons. The summed E-state index contributed by atoms with van der Waals surface area (Å²) in [6.45, 7) is 0.406. The predicted molar refractivity (Wildman–Crippen MR) is 306 cm³/mol. The molecule has 6 fully saturated rings. The maximum atomic E-state index is 12.8. The molecule has 0 bridgehead atoms. The summed E-state index contributed by atoms with van der Waals surface area (Å²) in [5.41, 5.74) is -3.14. The lowest BCUT2D eigenvalue weighted by atomic mass is 9.97. The maximum absolute atomic E-state index is 12.8. The molecule has 9 amide bonds. The van der Waals surface area contributed by atoms with Crippen molar-refractivity contribution in [2.75, 3.05) is 90.2 Å². The second-order valence-corrected chi connectivity index (χ2v) is 25.0. The van der Waals surface area contributed by atoms with Crippen molar-refractivity contribution >= 4 is 124 Å². The Balaban J connectivity index is 0.000000170. The number of hydrogen-bond donors (Lipinski definition) is 9. The Hall–Kier alpha value is -5.61. The summed E-state index contributed by atoms with van der Waals surface area (Å²) in [5.74, 6) is 4.26. The van der Waals surface area contributed by atoms with Crippen molar-refractivity contribution in [3.8, 4) is 0 Å².